The first-order chi connectivity index (χ1) is 13.6. The molecule has 0 unspecified atom stereocenters. The maximum absolute atomic E-state index is 13.0. The molecule has 2 saturated heterocycles. The maximum Gasteiger partial charge on any atom is 0.243 e. The van der Waals surface area contributed by atoms with Gasteiger partial charge in [-0.3, -0.25) is 4.90 Å². The predicted octanol–water partition coefficient (Wildman–Crippen LogP) is 1.68. The topological polar surface area (TPSA) is 85.1 Å². The maximum atomic E-state index is 13.0. The molecule has 0 radical (unpaired) electrons. The summed E-state index contributed by atoms with van der Waals surface area (Å²) in [7, 11) is -3.47. The molecule has 0 aliphatic carbocycles. The normalized spacial score (nSPS) is 20.5. The van der Waals surface area contributed by atoms with Crippen LogP contribution in [0.5, 0.6) is 5.75 Å². The Morgan fingerprint density at radius 2 is 1.71 bits per heavy atom. The standard InChI is InChI=1S/C20H33N3O4S/c1-2-27-19-3-5-20(6-4-19)28(24,25)22-12-7-17(8-13-22)23(14-11-21)18-9-15-26-16-10-18/h3-6,17-18H,2,7-16,21H2,1H3. The van der Waals surface area contributed by atoms with Gasteiger partial charge in [0.25, 0.3) is 0 Å². The summed E-state index contributed by atoms with van der Waals surface area (Å²) in [6.07, 6.45) is 3.75. The molecule has 3 rings (SSSR count). The Bertz CT molecular complexity index is 697. The van der Waals surface area contributed by atoms with Crippen molar-refractivity contribution in [1.82, 2.24) is 9.21 Å². The van der Waals surface area contributed by atoms with Crippen LogP contribution in [0.4, 0.5) is 0 Å². The minimum Gasteiger partial charge on any atom is -0.494 e. The van der Waals surface area contributed by atoms with E-state index in [0.29, 0.717) is 49.0 Å². The number of rotatable bonds is 8. The van der Waals surface area contributed by atoms with E-state index in [2.05, 4.69) is 4.90 Å². The average Bonchev–Trinajstić information content (AvgIpc) is 2.73. The van der Waals surface area contributed by atoms with Gasteiger partial charge in [-0.15, -0.1) is 0 Å². The van der Waals surface area contributed by atoms with Crippen LogP contribution in [0, 0.1) is 0 Å². The van der Waals surface area contributed by atoms with E-state index in [0.717, 1.165) is 45.4 Å². The fraction of sp³-hybridized carbons (Fsp3) is 0.700. The molecular weight excluding hydrogens is 378 g/mol. The Morgan fingerprint density at radius 1 is 1.11 bits per heavy atom. The van der Waals surface area contributed by atoms with Gasteiger partial charge < -0.3 is 15.2 Å². The van der Waals surface area contributed by atoms with Gasteiger partial charge in [-0.25, -0.2) is 8.42 Å². The molecule has 2 heterocycles. The Morgan fingerprint density at radius 3 is 2.29 bits per heavy atom. The van der Waals surface area contributed by atoms with E-state index in [1.807, 2.05) is 6.92 Å². The lowest BCUT2D eigenvalue weighted by molar-refractivity contribution is 0.00838. The highest BCUT2D eigenvalue weighted by Gasteiger charge is 2.34. The Kier molecular flexibility index (Phi) is 7.70. The van der Waals surface area contributed by atoms with Crippen molar-refractivity contribution in [2.24, 2.45) is 5.73 Å². The quantitative estimate of drug-likeness (QED) is 0.701. The number of nitrogens with two attached hydrogens (primary N) is 1. The van der Waals surface area contributed by atoms with Crippen molar-refractivity contribution < 1.29 is 17.9 Å². The number of hydrogen-bond acceptors (Lipinski definition) is 6. The highest BCUT2D eigenvalue weighted by Crippen LogP contribution is 2.27. The van der Waals surface area contributed by atoms with E-state index in [4.69, 9.17) is 15.2 Å². The summed E-state index contributed by atoms with van der Waals surface area (Å²) in [5.74, 6) is 0.689. The van der Waals surface area contributed by atoms with E-state index in [-0.39, 0.29) is 0 Å². The molecule has 1 aromatic carbocycles. The summed E-state index contributed by atoms with van der Waals surface area (Å²) in [5.41, 5.74) is 5.86. The van der Waals surface area contributed by atoms with E-state index in [9.17, 15) is 8.42 Å². The van der Waals surface area contributed by atoms with Crippen molar-refractivity contribution in [1.29, 1.82) is 0 Å². The molecule has 158 valence electrons. The molecule has 0 saturated carbocycles. The lowest BCUT2D eigenvalue weighted by atomic mass is 9.99. The zero-order chi connectivity index (χ0) is 20.0. The zero-order valence-electron chi connectivity index (χ0n) is 16.8. The van der Waals surface area contributed by atoms with Gasteiger partial charge in [-0.2, -0.15) is 4.31 Å². The molecule has 2 aliphatic heterocycles. The van der Waals surface area contributed by atoms with Gasteiger partial charge in [0, 0.05) is 51.5 Å². The molecule has 28 heavy (non-hydrogen) atoms. The fourth-order valence-electron chi connectivity index (χ4n) is 4.27. The van der Waals surface area contributed by atoms with Crippen LogP contribution in [0.25, 0.3) is 0 Å². The van der Waals surface area contributed by atoms with Gasteiger partial charge in [0.15, 0.2) is 0 Å². The second kappa shape index (κ2) is 10.0. The van der Waals surface area contributed by atoms with Crippen molar-refractivity contribution in [2.45, 2.75) is 49.6 Å². The Labute approximate surface area is 168 Å². The van der Waals surface area contributed by atoms with Crippen LogP contribution in [-0.2, 0) is 14.8 Å². The monoisotopic (exact) mass is 411 g/mol. The van der Waals surface area contributed by atoms with Crippen LogP contribution in [0.3, 0.4) is 0 Å². The molecule has 0 spiro atoms. The third kappa shape index (κ3) is 5.04. The zero-order valence-corrected chi connectivity index (χ0v) is 17.6. The molecule has 0 aromatic heterocycles. The minimum absolute atomic E-state index is 0.331. The molecule has 0 atom stereocenters. The van der Waals surface area contributed by atoms with Crippen molar-refractivity contribution >= 4 is 10.0 Å². The number of ether oxygens (including phenoxy) is 2. The highest BCUT2D eigenvalue weighted by molar-refractivity contribution is 7.89. The molecule has 8 heteroatoms. The third-order valence-electron chi connectivity index (χ3n) is 5.71. The van der Waals surface area contributed by atoms with Gasteiger partial charge in [-0.05, 0) is 56.9 Å². The minimum atomic E-state index is -3.47. The molecule has 2 N–H and O–H groups in total. The molecular formula is C20H33N3O4S. The van der Waals surface area contributed by atoms with Crippen LogP contribution < -0.4 is 10.5 Å². The van der Waals surface area contributed by atoms with Gasteiger partial charge in [-0.1, -0.05) is 0 Å². The van der Waals surface area contributed by atoms with Crippen molar-refractivity contribution in [2.75, 3.05) is 46.0 Å². The van der Waals surface area contributed by atoms with E-state index >= 15 is 0 Å². The Hall–Kier alpha value is -1.19. The van der Waals surface area contributed by atoms with Gasteiger partial charge in [0.1, 0.15) is 5.75 Å². The number of nitrogens with zero attached hydrogens (tertiary/aromatic N) is 2. The smallest absolute Gasteiger partial charge is 0.243 e. The average molecular weight is 412 g/mol. The summed E-state index contributed by atoms with van der Waals surface area (Å²) in [4.78, 5) is 2.83. The predicted molar refractivity (Wildman–Crippen MR) is 109 cm³/mol. The highest BCUT2D eigenvalue weighted by atomic mass is 32.2. The summed E-state index contributed by atoms with van der Waals surface area (Å²) in [6, 6.07) is 7.59. The molecule has 7 nitrogen and oxygen atoms in total. The van der Waals surface area contributed by atoms with E-state index in [1.54, 1.807) is 28.6 Å². The van der Waals surface area contributed by atoms with Crippen LogP contribution in [-0.4, -0.2) is 75.7 Å². The van der Waals surface area contributed by atoms with Crippen LogP contribution in [0.2, 0.25) is 0 Å². The number of sulfonamides is 1. The van der Waals surface area contributed by atoms with Crippen LogP contribution in [0.15, 0.2) is 29.2 Å². The lowest BCUT2D eigenvalue weighted by Crippen LogP contribution is -2.52. The number of benzene rings is 1. The van der Waals surface area contributed by atoms with E-state index in [1.165, 1.54) is 0 Å². The van der Waals surface area contributed by atoms with Crippen molar-refractivity contribution in [3.63, 3.8) is 0 Å². The molecule has 1 aromatic rings. The SMILES string of the molecule is CCOc1ccc(S(=O)(=O)N2CCC(N(CCN)C3CCOCC3)CC2)cc1. The molecule has 2 aliphatic rings. The summed E-state index contributed by atoms with van der Waals surface area (Å²) in [6.45, 7) is 6.65. The number of hydrogen-bond donors (Lipinski definition) is 1. The first-order valence-corrected chi connectivity index (χ1v) is 11.8. The number of piperidine rings is 1. The summed E-state index contributed by atoms with van der Waals surface area (Å²) >= 11 is 0. The fourth-order valence-corrected chi connectivity index (χ4v) is 5.74. The van der Waals surface area contributed by atoms with Crippen molar-refractivity contribution in [3.05, 3.63) is 24.3 Å². The van der Waals surface area contributed by atoms with Gasteiger partial charge in [0.2, 0.25) is 10.0 Å². The van der Waals surface area contributed by atoms with Crippen LogP contribution in [0.1, 0.15) is 32.6 Å². The summed E-state index contributed by atoms with van der Waals surface area (Å²) in [5, 5.41) is 0. The second-order valence-corrected chi connectivity index (χ2v) is 9.35. The molecule has 0 amide bonds. The molecule has 0 bridgehead atoms. The molecule has 2 fully saturated rings. The van der Waals surface area contributed by atoms with Gasteiger partial charge >= 0.3 is 0 Å². The first-order valence-electron chi connectivity index (χ1n) is 10.3. The Balaban J connectivity index is 1.62. The largest absolute Gasteiger partial charge is 0.494 e. The first kappa shape index (κ1) is 21.5. The van der Waals surface area contributed by atoms with Crippen LogP contribution >= 0.6 is 0 Å². The lowest BCUT2D eigenvalue weighted by Gasteiger charge is -2.43. The van der Waals surface area contributed by atoms with Crippen molar-refractivity contribution in [3.8, 4) is 5.75 Å². The third-order valence-corrected chi connectivity index (χ3v) is 7.62. The summed E-state index contributed by atoms with van der Waals surface area (Å²) < 4.78 is 38.5. The van der Waals surface area contributed by atoms with E-state index < -0.39 is 10.0 Å². The van der Waals surface area contributed by atoms with Gasteiger partial charge in [0.05, 0.1) is 11.5 Å². The second-order valence-electron chi connectivity index (χ2n) is 7.41.